The Kier molecular flexibility index (Phi) is 5.27. The molecule has 130 valence electrons. The molecule has 0 unspecified atom stereocenters. The summed E-state index contributed by atoms with van der Waals surface area (Å²) >= 11 is 5.75. The average Bonchev–Trinajstić information content (AvgIpc) is 2.83. The molecule has 3 rings (SSSR count). The van der Waals surface area contributed by atoms with Gasteiger partial charge in [-0.25, -0.2) is 0 Å². The highest BCUT2D eigenvalue weighted by atomic mass is 35.5. The lowest BCUT2D eigenvalue weighted by Crippen LogP contribution is -2.22. The lowest BCUT2D eigenvalue weighted by molar-refractivity contribution is -0.112. The van der Waals surface area contributed by atoms with Gasteiger partial charge in [0.1, 0.15) is 0 Å². The molecule has 2 aromatic rings. The summed E-state index contributed by atoms with van der Waals surface area (Å²) in [5.74, 6) is -2.90. The number of benzene rings is 2. The van der Waals surface area contributed by atoms with Crippen molar-refractivity contribution in [1.82, 2.24) is 0 Å². The molecule has 1 aliphatic heterocycles. The van der Waals surface area contributed by atoms with Crippen molar-refractivity contribution in [3.05, 3.63) is 64.2 Å². The minimum atomic E-state index is -4.78. The van der Waals surface area contributed by atoms with Crippen molar-refractivity contribution in [2.45, 2.75) is 13.1 Å². The number of anilines is 1. The number of alkyl halides is 3. The minimum absolute atomic E-state index is 0.329. The first-order valence-electron chi connectivity index (χ1n) is 6.93. The molecule has 1 aliphatic rings. The Labute approximate surface area is 145 Å². The number of carbonyl (C=O) groups is 3. The fraction of sp³-hybridized carbons (Fsp3) is 0.118. The van der Waals surface area contributed by atoms with Gasteiger partial charge in [-0.05, 0) is 24.6 Å². The van der Waals surface area contributed by atoms with E-state index < -0.39 is 23.6 Å². The normalized spacial score (nSPS) is 12.8. The van der Waals surface area contributed by atoms with Gasteiger partial charge >= 0.3 is 6.18 Å². The third kappa shape index (κ3) is 4.24. The number of ketones is 2. The highest BCUT2D eigenvalue weighted by molar-refractivity contribution is 6.52. The zero-order valence-electron chi connectivity index (χ0n) is 12.8. The molecule has 2 aromatic carbocycles. The molecular formula is C17H11ClF3NO3. The summed E-state index contributed by atoms with van der Waals surface area (Å²) in [5.41, 5.74) is 1.43. The molecular weight excluding hydrogens is 359 g/mol. The Morgan fingerprint density at radius 2 is 1.68 bits per heavy atom. The maximum atomic E-state index is 11.8. The smallest absolute Gasteiger partial charge is 0.318 e. The van der Waals surface area contributed by atoms with Gasteiger partial charge < -0.3 is 5.32 Å². The van der Waals surface area contributed by atoms with Gasteiger partial charge in [-0.3, -0.25) is 14.4 Å². The van der Waals surface area contributed by atoms with Crippen LogP contribution >= 0.6 is 11.6 Å². The van der Waals surface area contributed by atoms with E-state index in [1.165, 1.54) is 18.2 Å². The predicted octanol–water partition coefficient (Wildman–Crippen LogP) is 4.21. The number of rotatable bonds is 1. The highest BCUT2D eigenvalue weighted by Crippen LogP contribution is 2.29. The topological polar surface area (TPSA) is 63.2 Å². The van der Waals surface area contributed by atoms with Crippen LogP contribution in [0.2, 0.25) is 5.02 Å². The Morgan fingerprint density at radius 3 is 2.24 bits per heavy atom. The third-order valence-electron chi connectivity index (χ3n) is 3.28. The first kappa shape index (κ1) is 18.7. The number of hydrogen-bond donors (Lipinski definition) is 1. The van der Waals surface area contributed by atoms with Crippen LogP contribution in [-0.4, -0.2) is 23.6 Å². The third-order valence-corrected chi connectivity index (χ3v) is 3.50. The number of aryl methyl sites for hydroxylation is 1. The summed E-state index contributed by atoms with van der Waals surface area (Å²) in [4.78, 5) is 32.8. The van der Waals surface area contributed by atoms with Crippen molar-refractivity contribution in [2.75, 3.05) is 5.32 Å². The lowest BCUT2D eigenvalue weighted by atomic mass is 10.1. The predicted molar refractivity (Wildman–Crippen MR) is 86.0 cm³/mol. The van der Waals surface area contributed by atoms with Crippen molar-refractivity contribution in [3.8, 4) is 0 Å². The molecule has 0 spiro atoms. The maximum absolute atomic E-state index is 11.8. The summed E-state index contributed by atoms with van der Waals surface area (Å²) in [6.07, 6.45) is -4.78. The van der Waals surface area contributed by atoms with E-state index in [1.807, 2.05) is 0 Å². The second-order valence-electron chi connectivity index (χ2n) is 5.12. The Hall–Kier alpha value is -2.67. The van der Waals surface area contributed by atoms with Gasteiger partial charge in [0.15, 0.2) is 0 Å². The van der Waals surface area contributed by atoms with Crippen LogP contribution in [-0.2, 0) is 4.79 Å². The van der Waals surface area contributed by atoms with Gasteiger partial charge in [0.05, 0.1) is 11.3 Å². The van der Waals surface area contributed by atoms with E-state index in [0.29, 0.717) is 16.3 Å². The van der Waals surface area contributed by atoms with Crippen molar-refractivity contribution < 1.29 is 27.6 Å². The van der Waals surface area contributed by atoms with Crippen molar-refractivity contribution in [1.29, 1.82) is 0 Å². The van der Waals surface area contributed by atoms with Gasteiger partial charge in [-0.2, -0.15) is 13.2 Å². The summed E-state index contributed by atoms with van der Waals surface area (Å²) < 4.78 is 35.4. The number of hydrogen-bond acceptors (Lipinski definition) is 3. The zero-order valence-corrected chi connectivity index (χ0v) is 13.5. The van der Waals surface area contributed by atoms with Crippen LogP contribution < -0.4 is 5.32 Å². The molecule has 8 heteroatoms. The molecule has 0 saturated carbocycles. The first-order chi connectivity index (χ1) is 11.6. The van der Waals surface area contributed by atoms with Gasteiger partial charge in [0, 0.05) is 10.6 Å². The van der Waals surface area contributed by atoms with Gasteiger partial charge in [0.25, 0.3) is 17.5 Å². The SMILES string of the molecule is Cc1cc(Cl)cc2c1NC(=O)C2=O.O=C(c1ccccc1)C(F)(F)F. The Balaban J connectivity index is 0.000000181. The molecule has 25 heavy (non-hydrogen) atoms. The molecule has 0 aromatic heterocycles. The molecule has 0 bridgehead atoms. The molecule has 1 heterocycles. The monoisotopic (exact) mass is 369 g/mol. The fourth-order valence-corrected chi connectivity index (χ4v) is 2.41. The maximum Gasteiger partial charge on any atom is 0.454 e. The molecule has 4 nitrogen and oxygen atoms in total. The largest absolute Gasteiger partial charge is 0.454 e. The van der Waals surface area contributed by atoms with Gasteiger partial charge in [0.2, 0.25) is 0 Å². The number of fused-ring (bicyclic) bond motifs is 1. The van der Waals surface area contributed by atoms with E-state index in [4.69, 9.17) is 11.6 Å². The Morgan fingerprint density at radius 1 is 1.08 bits per heavy atom. The molecule has 1 amide bonds. The number of halogens is 4. The fourth-order valence-electron chi connectivity index (χ4n) is 2.13. The van der Waals surface area contributed by atoms with E-state index >= 15 is 0 Å². The first-order valence-corrected chi connectivity index (χ1v) is 7.31. The second-order valence-corrected chi connectivity index (χ2v) is 5.56. The van der Waals surface area contributed by atoms with Crippen LogP contribution in [0.5, 0.6) is 0 Å². The van der Waals surface area contributed by atoms with Crippen LogP contribution in [0.1, 0.15) is 26.3 Å². The van der Waals surface area contributed by atoms with Gasteiger partial charge in [-0.1, -0.05) is 41.9 Å². The summed E-state index contributed by atoms with van der Waals surface area (Å²) in [6.45, 7) is 1.80. The van der Waals surface area contributed by atoms with Gasteiger partial charge in [-0.15, -0.1) is 0 Å². The molecule has 0 aliphatic carbocycles. The zero-order chi connectivity index (χ0) is 18.8. The van der Waals surface area contributed by atoms with Crippen LogP contribution in [0.25, 0.3) is 0 Å². The lowest BCUT2D eigenvalue weighted by Gasteiger charge is -2.03. The van der Waals surface area contributed by atoms with E-state index in [1.54, 1.807) is 19.1 Å². The number of carbonyl (C=O) groups excluding carboxylic acids is 3. The number of amides is 1. The molecule has 0 saturated heterocycles. The number of Topliss-reactive ketones (excluding diaryl/α,β-unsaturated/α-hetero) is 2. The van der Waals surface area contributed by atoms with E-state index in [0.717, 1.165) is 17.7 Å². The van der Waals surface area contributed by atoms with Crippen LogP contribution in [0.15, 0.2) is 42.5 Å². The quantitative estimate of drug-likeness (QED) is 0.605. The minimum Gasteiger partial charge on any atom is -0.318 e. The molecule has 0 fully saturated rings. The average molecular weight is 370 g/mol. The van der Waals surface area contributed by atoms with Crippen LogP contribution in [0.4, 0.5) is 18.9 Å². The molecule has 1 N–H and O–H groups in total. The van der Waals surface area contributed by atoms with Crippen molar-refractivity contribution in [2.24, 2.45) is 0 Å². The van der Waals surface area contributed by atoms with Crippen LogP contribution in [0, 0.1) is 6.92 Å². The van der Waals surface area contributed by atoms with Crippen LogP contribution in [0.3, 0.4) is 0 Å². The molecule has 0 atom stereocenters. The summed E-state index contributed by atoms with van der Waals surface area (Å²) in [7, 11) is 0. The van der Waals surface area contributed by atoms with Crippen molar-refractivity contribution in [3.63, 3.8) is 0 Å². The highest BCUT2D eigenvalue weighted by Gasteiger charge is 2.38. The number of nitrogens with one attached hydrogen (secondary N) is 1. The summed E-state index contributed by atoms with van der Waals surface area (Å²) in [6, 6.07) is 9.81. The van der Waals surface area contributed by atoms with E-state index in [9.17, 15) is 27.6 Å². The summed E-state index contributed by atoms with van der Waals surface area (Å²) in [5, 5.41) is 2.97. The standard InChI is InChI=1S/C9H6ClNO2.C8H5F3O/c1-4-2-5(10)3-6-7(4)11-9(13)8(6)12;9-8(10,11)7(12)6-4-2-1-3-5-6/h2-3H,1H3,(H,11,12,13);1-5H. The second kappa shape index (κ2) is 7.06. The van der Waals surface area contributed by atoms with E-state index in [-0.39, 0.29) is 5.56 Å². The Bertz CT molecular complexity index is 848. The van der Waals surface area contributed by atoms with Crippen molar-refractivity contribution >= 4 is 34.8 Å². The van der Waals surface area contributed by atoms with E-state index in [2.05, 4.69) is 5.32 Å². The molecule has 0 radical (unpaired) electrons.